The lowest BCUT2D eigenvalue weighted by Gasteiger charge is -2.37. The maximum Gasteiger partial charge on any atom is 0.306 e. The van der Waals surface area contributed by atoms with Crippen LogP contribution in [0.5, 0.6) is 0 Å². The van der Waals surface area contributed by atoms with E-state index in [1.54, 1.807) is 0 Å². The maximum atomic E-state index is 11.4. The molecular formula is C16H30O2. The third-order valence-corrected chi connectivity index (χ3v) is 4.77. The molecule has 0 radical (unpaired) electrons. The molecule has 1 fully saturated rings. The summed E-state index contributed by atoms with van der Waals surface area (Å²) in [5, 5.41) is 9.38. The fourth-order valence-corrected chi connectivity index (χ4v) is 3.62. The summed E-state index contributed by atoms with van der Waals surface area (Å²) in [6.07, 6.45) is 6.67. The Hall–Kier alpha value is -0.530. The third-order valence-electron chi connectivity index (χ3n) is 4.77. The van der Waals surface area contributed by atoms with Gasteiger partial charge in [0, 0.05) is 0 Å². The van der Waals surface area contributed by atoms with Gasteiger partial charge in [-0.15, -0.1) is 0 Å². The zero-order valence-corrected chi connectivity index (χ0v) is 12.5. The van der Waals surface area contributed by atoms with Crippen molar-refractivity contribution in [3.8, 4) is 0 Å². The van der Waals surface area contributed by atoms with Gasteiger partial charge in [0.15, 0.2) is 0 Å². The largest absolute Gasteiger partial charge is 0.481 e. The standard InChI is InChI=1S/C16H30O2/c1-5-6-12(4)9-14-10-13(11(2)3)7-8-15(14)16(17)18/h11-15H,5-10H2,1-4H3,(H,17,18). The topological polar surface area (TPSA) is 37.3 Å². The predicted octanol–water partition coefficient (Wildman–Crippen LogP) is 4.59. The Labute approximate surface area is 112 Å². The Balaban J connectivity index is 2.63. The van der Waals surface area contributed by atoms with E-state index in [9.17, 15) is 9.90 Å². The summed E-state index contributed by atoms with van der Waals surface area (Å²) >= 11 is 0. The van der Waals surface area contributed by atoms with E-state index in [0.29, 0.717) is 17.8 Å². The fraction of sp³-hybridized carbons (Fsp3) is 0.938. The first-order valence-electron chi connectivity index (χ1n) is 7.68. The van der Waals surface area contributed by atoms with Crippen LogP contribution in [0.15, 0.2) is 0 Å². The van der Waals surface area contributed by atoms with E-state index in [4.69, 9.17) is 0 Å². The van der Waals surface area contributed by atoms with Crippen LogP contribution < -0.4 is 0 Å². The molecule has 4 atom stereocenters. The molecule has 0 spiro atoms. The van der Waals surface area contributed by atoms with Crippen molar-refractivity contribution in [2.75, 3.05) is 0 Å². The van der Waals surface area contributed by atoms with Gasteiger partial charge < -0.3 is 5.11 Å². The van der Waals surface area contributed by atoms with Crippen LogP contribution in [-0.4, -0.2) is 11.1 Å². The van der Waals surface area contributed by atoms with Gasteiger partial charge in [-0.3, -0.25) is 4.79 Å². The van der Waals surface area contributed by atoms with Crippen LogP contribution in [0.4, 0.5) is 0 Å². The molecule has 1 rings (SSSR count). The zero-order valence-electron chi connectivity index (χ0n) is 12.5. The summed E-state index contributed by atoms with van der Waals surface area (Å²) in [4.78, 5) is 11.4. The number of carboxylic acids is 1. The van der Waals surface area contributed by atoms with Gasteiger partial charge in [0.25, 0.3) is 0 Å². The minimum atomic E-state index is -0.564. The van der Waals surface area contributed by atoms with Crippen LogP contribution in [0.1, 0.15) is 66.2 Å². The number of carbonyl (C=O) groups is 1. The summed E-state index contributed by atoms with van der Waals surface area (Å²) in [7, 11) is 0. The summed E-state index contributed by atoms with van der Waals surface area (Å²) < 4.78 is 0. The normalized spacial score (nSPS) is 30.4. The van der Waals surface area contributed by atoms with Crippen molar-refractivity contribution in [1.82, 2.24) is 0 Å². The van der Waals surface area contributed by atoms with E-state index in [2.05, 4.69) is 27.7 Å². The molecule has 1 aliphatic rings. The van der Waals surface area contributed by atoms with Gasteiger partial charge >= 0.3 is 5.97 Å². The Morgan fingerprint density at radius 2 is 1.94 bits per heavy atom. The van der Waals surface area contributed by atoms with E-state index in [1.165, 1.54) is 12.8 Å². The summed E-state index contributed by atoms with van der Waals surface area (Å²) in [6, 6.07) is 0. The monoisotopic (exact) mass is 254 g/mol. The van der Waals surface area contributed by atoms with Crippen molar-refractivity contribution < 1.29 is 9.90 Å². The molecule has 18 heavy (non-hydrogen) atoms. The fourth-order valence-electron chi connectivity index (χ4n) is 3.62. The highest BCUT2D eigenvalue weighted by atomic mass is 16.4. The van der Waals surface area contributed by atoms with Gasteiger partial charge in [0.05, 0.1) is 5.92 Å². The molecule has 106 valence electrons. The summed E-state index contributed by atoms with van der Waals surface area (Å²) in [6.45, 7) is 9.04. The van der Waals surface area contributed by atoms with Crippen molar-refractivity contribution in [2.24, 2.45) is 29.6 Å². The SMILES string of the molecule is CCCC(C)CC1CC(C(C)C)CCC1C(=O)O. The highest BCUT2D eigenvalue weighted by Crippen LogP contribution is 2.41. The second-order valence-electron chi connectivity index (χ2n) is 6.65. The molecule has 0 aromatic rings. The van der Waals surface area contributed by atoms with Crippen molar-refractivity contribution in [1.29, 1.82) is 0 Å². The molecule has 0 bridgehead atoms. The minimum absolute atomic E-state index is 0.0840. The lowest BCUT2D eigenvalue weighted by atomic mass is 9.68. The number of rotatable bonds is 6. The smallest absolute Gasteiger partial charge is 0.306 e. The minimum Gasteiger partial charge on any atom is -0.481 e. The Bertz CT molecular complexity index is 260. The molecule has 0 aromatic heterocycles. The second-order valence-corrected chi connectivity index (χ2v) is 6.65. The quantitative estimate of drug-likeness (QED) is 0.753. The molecule has 0 heterocycles. The van der Waals surface area contributed by atoms with E-state index >= 15 is 0 Å². The van der Waals surface area contributed by atoms with Crippen LogP contribution in [0.25, 0.3) is 0 Å². The third kappa shape index (κ3) is 4.29. The second kappa shape index (κ2) is 7.16. The molecule has 4 unspecified atom stereocenters. The average Bonchev–Trinajstić information content (AvgIpc) is 2.28. The van der Waals surface area contributed by atoms with Gasteiger partial charge in [-0.05, 0) is 49.4 Å². The summed E-state index contributed by atoms with van der Waals surface area (Å²) in [5.74, 6) is 1.87. The van der Waals surface area contributed by atoms with Crippen molar-refractivity contribution in [3.63, 3.8) is 0 Å². The van der Waals surface area contributed by atoms with Gasteiger partial charge in [-0.25, -0.2) is 0 Å². The van der Waals surface area contributed by atoms with Crippen LogP contribution >= 0.6 is 0 Å². The Kier molecular flexibility index (Phi) is 6.17. The highest BCUT2D eigenvalue weighted by molar-refractivity contribution is 5.70. The molecule has 2 heteroatoms. The van der Waals surface area contributed by atoms with Crippen LogP contribution in [0.3, 0.4) is 0 Å². The first-order valence-corrected chi connectivity index (χ1v) is 7.68. The lowest BCUT2D eigenvalue weighted by molar-refractivity contribution is -0.146. The molecule has 1 aliphatic carbocycles. The molecule has 1 N–H and O–H groups in total. The molecule has 2 nitrogen and oxygen atoms in total. The van der Waals surface area contributed by atoms with Gasteiger partial charge in [0.2, 0.25) is 0 Å². The number of hydrogen-bond donors (Lipinski definition) is 1. The predicted molar refractivity (Wildman–Crippen MR) is 75.5 cm³/mol. The number of hydrogen-bond acceptors (Lipinski definition) is 1. The van der Waals surface area contributed by atoms with Crippen LogP contribution in [0.2, 0.25) is 0 Å². The van der Waals surface area contributed by atoms with Gasteiger partial charge in [0.1, 0.15) is 0 Å². The number of carboxylic acid groups (broad SMARTS) is 1. The summed E-state index contributed by atoms with van der Waals surface area (Å²) in [5.41, 5.74) is 0. The zero-order chi connectivity index (χ0) is 13.7. The first kappa shape index (κ1) is 15.5. The Morgan fingerprint density at radius 3 is 2.44 bits per heavy atom. The van der Waals surface area contributed by atoms with Crippen molar-refractivity contribution in [2.45, 2.75) is 66.2 Å². The van der Waals surface area contributed by atoms with E-state index in [1.807, 2.05) is 0 Å². The lowest BCUT2D eigenvalue weighted by Crippen LogP contribution is -2.33. The van der Waals surface area contributed by atoms with E-state index in [0.717, 1.165) is 31.6 Å². The Morgan fingerprint density at radius 1 is 1.28 bits per heavy atom. The maximum absolute atomic E-state index is 11.4. The molecule has 1 saturated carbocycles. The van der Waals surface area contributed by atoms with Crippen LogP contribution in [0, 0.1) is 29.6 Å². The van der Waals surface area contributed by atoms with E-state index in [-0.39, 0.29) is 5.92 Å². The molecule has 0 saturated heterocycles. The molecule has 0 aromatic carbocycles. The molecular weight excluding hydrogens is 224 g/mol. The van der Waals surface area contributed by atoms with Crippen molar-refractivity contribution >= 4 is 5.97 Å². The average molecular weight is 254 g/mol. The first-order chi connectivity index (χ1) is 8.45. The van der Waals surface area contributed by atoms with Gasteiger partial charge in [-0.1, -0.05) is 40.5 Å². The molecule has 0 aliphatic heterocycles. The van der Waals surface area contributed by atoms with Crippen molar-refractivity contribution in [3.05, 3.63) is 0 Å². The van der Waals surface area contributed by atoms with Gasteiger partial charge in [-0.2, -0.15) is 0 Å². The highest BCUT2D eigenvalue weighted by Gasteiger charge is 2.36. The molecule has 0 amide bonds. The number of aliphatic carboxylic acids is 1. The van der Waals surface area contributed by atoms with E-state index < -0.39 is 5.97 Å². The van der Waals surface area contributed by atoms with Crippen LogP contribution in [-0.2, 0) is 4.79 Å².